The van der Waals surface area contributed by atoms with Gasteiger partial charge in [-0.3, -0.25) is 0 Å². The van der Waals surface area contributed by atoms with Crippen LogP contribution in [0, 0.1) is 5.92 Å². The van der Waals surface area contributed by atoms with Crippen LogP contribution in [-0.2, 0) is 14.2 Å². The van der Waals surface area contributed by atoms with E-state index in [9.17, 15) is 5.11 Å². The van der Waals surface area contributed by atoms with E-state index in [1.807, 2.05) is 0 Å². The number of aliphatic hydroxyl groups is 1. The van der Waals surface area contributed by atoms with E-state index < -0.39 is 0 Å². The molecule has 0 aromatic carbocycles. The van der Waals surface area contributed by atoms with Crippen LogP contribution in [0.25, 0.3) is 0 Å². The first kappa shape index (κ1) is 14.7. The van der Waals surface area contributed by atoms with Gasteiger partial charge in [0, 0.05) is 32.9 Å². The number of ether oxygens (including phenoxy) is 3. The van der Waals surface area contributed by atoms with Gasteiger partial charge in [-0.05, 0) is 38.6 Å². The molecule has 0 bridgehead atoms. The maximum absolute atomic E-state index is 10.7. The summed E-state index contributed by atoms with van der Waals surface area (Å²) in [7, 11) is 2.09. The summed E-state index contributed by atoms with van der Waals surface area (Å²) in [5, 5.41) is 10.7. The third-order valence-electron chi connectivity index (χ3n) is 5.10. The predicted molar refractivity (Wildman–Crippen MR) is 74.7 cm³/mol. The summed E-state index contributed by atoms with van der Waals surface area (Å²) in [6, 6.07) is 0. The molecule has 1 N–H and O–H groups in total. The lowest BCUT2D eigenvalue weighted by atomic mass is 9.77. The number of hydrogen-bond acceptors (Lipinski definition) is 5. The zero-order valence-electron chi connectivity index (χ0n) is 12.4. The first-order chi connectivity index (χ1) is 9.69. The number of morpholine rings is 1. The molecule has 3 aliphatic rings. The lowest BCUT2D eigenvalue weighted by Crippen LogP contribution is -2.52. The molecule has 1 spiro atoms. The SMILES string of the molecule is CN1CCOC(C(O)C2CCOC3(CCOCC3)C2)C1. The van der Waals surface area contributed by atoms with Crippen molar-refractivity contribution in [2.75, 3.05) is 46.6 Å². The smallest absolute Gasteiger partial charge is 0.0963 e. The molecule has 0 aromatic rings. The predicted octanol–water partition coefficient (Wildman–Crippen LogP) is 0.654. The molecule has 0 aromatic heterocycles. The first-order valence-electron chi connectivity index (χ1n) is 7.88. The van der Waals surface area contributed by atoms with Gasteiger partial charge in [-0.15, -0.1) is 0 Å². The van der Waals surface area contributed by atoms with E-state index >= 15 is 0 Å². The van der Waals surface area contributed by atoms with Gasteiger partial charge in [0.1, 0.15) is 0 Å². The lowest BCUT2D eigenvalue weighted by molar-refractivity contribution is -0.175. The Bertz CT molecular complexity index is 313. The van der Waals surface area contributed by atoms with E-state index in [1.54, 1.807) is 0 Å². The molecule has 3 fully saturated rings. The summed E-state index contributed by atoms with van der Waals surface area (Å²) in [5.74, 6) is 0.290. The number of aliphatic hydroxyl groups excluding tert-OH is 1. The van der Waals surface area contributed by atoms with Crippen molar-refractivity contribution >= 4 is 0 Å². The van der Waals surface area contributed by atoms with E-state index in [0.717, 1.165) is 65.2 Å². The molecule has 0 radical (unpaired) electrons. The molecule has 0 saturated carbocycles. The topological polar surface area (TPSA) is 51.2 Å². The summed E-state index contributed by atoms with van der Waals surface area (Å²) in [4.78, 5) is 2.24. The van der Waals surface area contributed by atoms with Gasteiger partial charge in [0.2, 0.25) is 0 Å². The highest BCUT2D eigenvalue weighted by atomic mass is 16.5. The molecule has 3 atom stereocenters. The highest BCUT2D eigenvalue weighted by molar-refractivity contribution is 4.93. The lowest BCUT2D eigenvalue weighted by Gasteiger charge is -2.46. The Hall–Kier alpha value is -0.200. The van der Waals surface area contributed by atoms with Gasteiger partial charge in [0.15, 0.2) is 0 Å². The van der Waals surface area contributed by atoms with Crippen LogP contribution in [0.5, 0.6) is 0 Å². The molecule has 3 unspecified atom stereocenters. The third kappa shape index (κ3) is 3.17. The second-order valence-electron chi connectivity index (χ2n) is 6.56. The minimum absolute atomic E-state index is 0.0475. The first-order valence-corrected chi connectivity index (χ1v) is 7.88. The van der Waals surface area contributed by atoms with Crippen molar-refractivity contribution < 1.29 is 19.3 Å². The average molecular weight is 285 g/mol. The van der Waals surface area contributed by atoms with Crippen LogP contribution < -0.4 is 0 Å². The molecule has 5 nitrogen and oxygen atoms in total. The Morgan fingerprint density at radius 3 is 2.75 bits per heavy atom. The van der Waals surface area contributed by atoms with Crippen molar-refractivity contribution in [2.45, 2.75) is 43.5 Å². The molecule has 0 aliphatic carbocycles. The highest BCUT2D eigenvalue weighted by Gasteiger charge is 2.43. The van der Waals surface area contributed by atoms with E-state index in [0.29, 0.717) is 5.92 Å². The second-order valence-corrected chi connectivity index (χ2v) is 6.56. The van der Waals surface area contributed by atoms with Gasteiger partial charge in [0.25, 0.3) is 0 Å². The minimum Gasteiger partial charge on any atom is -0.390 e. The average Bonchev–Trinajstić information content (AvgIpc) is 2.47. The van der Waals surface area contributed by atoms with Crippen LogP contribution in [0.2, 0.25) is 0 Å². The minimum atomic E-state index is -0.374. The number of hydrogen-bond donors (Lipinski definition) is 1. The largest absolute Gasteiger partial charge is 0.390 e. The summed E-state index contributed by atoms with van der Waals surface area (Å²) >= 11 is 0. The zero-order valence-corrected chi connectivity index (χ0v) is 12.4. The molecule has 20 heavy (non-hydrogen) atoms. The summed E-state index contributed by atoms with van der Waals surface area (Å²) in [5.41, 5.74) is -0.0529. The van der Waals surface area contributed by atoms with Crippen molar-refractivity contribution in [3.05, 3.63) is 0 Å². The monoisotopic (exact) mass is 285 g/mol. The molecular formula is C15H27NO4. The summed E-state index contributed by atoms with van der Waals surface area (Å²) in [6.45, 7) is 4.83. The van der Waals surface area contributed by atoms with Crippen LogP contribution in [0.3, 0.4) is 0 Å². The Kier molecular flexibility index (Phi) is 4.62. The van der Waals surface area contributed by atoms with Crippen LogP contribution in [0.1, 0.15) is 25.7 Å². The van der Waals surface area contributed by atoms with Crippen LogP contribution in [0.4, 0.5) is 0 Å². The fraction of sp³-hybridized carbons (Fsp3) is 1.00. The molecule has 3 aliphatic heterocycles. The van der Waals surface area contributed by atoms with E-state index in [1.165, 1.54) is 0 Å². The Balaban J connectivity index is 1.60. The second kappa shape index (κ2) is 6.28. The third-order valence-corrected chi connectivity index (χ3v) is 5.10. The van der Waals surface area contributed by atoms with Crippen LogP contribution in [0.15, 0.2) is 0 Å². The van der Waals surface area contributed by atoms with Gasteiger partial charge >= 0.3 is 0 Å². The van der Waals surface area contributed by atoms with E-state index in [-0.39, 0.29) is 17.8 Å². The van der Waals surface area contributed by atoms with Gasteiger partial charge in [-0.2, -0.15) is 0 Å². The maximum atomic E-state index is 10.7. The van der Waals surface area contributed by atoms with Gasteiger partial charge < -0.3 is 24.2 Å². The molecule has 0 amide bonds. The normalized spacial score (nSPS) is 36.9. The number of nitrogens with zero attached hydrogens (tertiary/aromatic N) is 1. The molecular weight excluding hydrogens is 258 g/mol. The molecule has 3 rings (SSSR count). The zero-order chi connectivity index (χ0) is 14.0. The molecule has 116 valence electrons. The van der Waals surface area contributed by atoms with Gasteiger partial charge in [-0.1, -0.05) is 0 Å². The van der Waals surface area contributed by atoms with Crippen LogP contribution in [-0.4, -0.2) is 74.4 Å². The van der Waals surface area contributed by atoms with Crippen LogP contribution >= 0.6 is 0 Å². The molecule has 3 heterocycles. The standard InChI is InChI=1S/C15H27NO4/c1-16-5-9-19-13(11-16)14(17)12-2-6-20-15(10-12)3-7-18-8-4-15/h12-14,17H,2-11H2,1H3. The van der Waals surface area contributed by atoms with Crippen molar-refractivity contribution in [2.24, 2.45) is 5.92 Å². The van der Waals surface area contributed by atoms with Gasteiger partial charge in [0.05, 0.1) is 24.4 Å². The summed E-state index contributed by atoms with van der Waals surface area (Å²) in [6.07, 6.45) is 3.38. The fourth-order valence-electron chi connectivity index (χ4n) is 3.77. The summed E-state index contributed by atoms with van der Waals surface area (Å²) < 4.78 is 17.3. The molecule has 5 heteroatoms. The van der Waals surface area contributed by atoms with Crippen molar-refractivity contribution in [3.8, 4) is 0 Å². The van der Waals surface area contributed by atoms with E-state index in [2.05, 4.69) is 11.9 Å². The Labute approximate surface area is 121 Å². The molecule has 3 saturated heterocycles. The van der Waals surface area contributed by atoms with Crippen molar-refractivity contribution in [1.29, 1.82) is 0 Å². The van der Waals surface area contributed by atoms with Gasteiger partial charge in [-0.25, -0.2) is 0 Å². The maximum Gasteiger partial charge on any atom is 0.0963 e. The number of rotatable bonds is 2. The fourth-order valence-corrected chi connectivity index (χ4v) is 3.77. The Morgan fingerprint density at radius 1 is 1.20 bits per heavy atom. The highest BCUT2D eigenvalue weighted by Crippen LogP contribution is 2.39. The number of likely N-dealkylation sites (N-methyl/N-ethyl adjacent to an activating group) is 1. The Morgan fingerprint density at radius 2 is 2.00 bits per heavy atom. The van der Waals surface area contributed by atoms with Crippen molar-refractivity contribution in [1.82, 2.24) is 4.90 Å². The van der Waals surface area contributed by atoms with E-state index in [4.69, 9.17) is 14.2 Å². The van der Waals surface area contributed by atoms with Crippen molar-refractivity contribution in [3.63, 3.8) is 0 Å². The quantitative estimate of drug-likeness (QED) is 0.807.